The number of hydrogen-bond acceptors (Lipinski definition) is 6. The van der Waals surface area contributed by atoms with Crippen LogP contribution in [0.4, 0.5) is 0 Å². The summed E-state index contributed by atoms with van der Waals surface area (Å²) in [5, 5.41) is 21.6. The second-order valence-electron chi connectivity index (χ2n) is 8.70. The zero-order chi connectivity index (χ0) is 19.3. The maximum Gasteiger partial charge on any atom is 0.339 e. The first-order valence-corrected chi connectivity index (χ1v) is 9.54. The molecule has 146 valence electrons. The van der Waals surface area contributed by atoms with E-state index in [9.17, 15) is 19.8 Å². The number of esters is 1. The third-order valence-corrected chi connectivity index (χ3v) is 6.42. The average molecular weight is 366 g/mol. The molecule has 0 aromatic heterocycles. The number of fused-ring (bicyclic) bond motifs is 3. The van der Waals surface area contributed by atoms with Crippen molar-refractivity contribution in [1.29, 1.82) is 0 Å². The molecule has 3 rings (SSSR count). The Bertz CT molecular complexity index is 624. The normalized spacial score (nSPS) is 49.3. The summed E-state index contributed by atoms with van der Waals surface area (Å²) < 4.78 is 11.5. The molecule has 0 spiro atoms. The van der Waals surface area contributed by atoms with Crippen LogP contribution in [0.15, 0.2) is 11.6 Å². The van der Waals surface area contributed by atoms with E-state index in [0.29, 0.717) is 12.3 Å². The summed E-state index contributed by atoms with van der Waals surface area (Å²) in [6.07, 6.45) is 3.16. The molecular weight excluding hydrogens is 336 g/mol. The van der Waals surface area contributed by atoms with Gasteiger partial charge < -0.3 is 19.7 Å². The van der Waals surface area contributed by atoms with Crippen LogP contribution in [0.5, 0.6) is 0 Å². The minimum Gasteiger partial charge on any atom is -0.456 e. The summed E-state index contributed by atoms with van der Waals surface area (Å²) in [5.41, 5.74) is -1.94. The van der Waals surface area contributed by atoms with Gasteiger partial charge in [0.05, 0.1) is 17.6 Å². The van der Waals surface area contributed by atoms with Crippen molar-refractivity contribution in [2.45, 2.75) is 89.3 Å². The maximum absolute atomic E-state index is 12.9. The molecule has 0 radical (unpaired) electrons. The second-order valence-corrected chi connectivity index (χ2v) is 8.70. The molecule has 0 amide bonds. The third kappa shape index (κ3) is 3.23. The molecule has 3 aliphatic heterocycles. The van der Waals surface area contributed by atoms with Gasteiger partial charge in [0.2, 0.25) is 0 Å². The van der Waals surface area contributed by atoms with Gasteiger partial charge in [0, 0.05) is 6.42 Å². The molecule has 0 aromatic rings. The average Bonchev–Trinajstić information content (AvgIpc) is 3.05. The lowest BCUT2D eigenvalue weighted by atomic mass is 9.76. The fourth-order valence-corrected chi connectivity index (χ4v) is 4.59. The van der Waals surface area contributed by atoms with Crippen LogP contribution in [0.1, 0.15) is 59.8 Å². The lowest BCUT2D eigenvalue weighted by Crippen LogP contribution is -2.53. The van der Waals surface area contributed by atoms with E-state index in [1.807, 2.05) is 13.0 Å². The lowest BCUT2D eigenvalue weighted by molar-refractivity contribution is -0.171. The second kappa shape index (κ2) is 6.73. The van der Waals surface area contributed by atoms with Crippen molar-refractivity contribution >= 4 is 11.8 Å². The van der Waals surface area contributed by atoms with Crippen molar-refractivity contribution in [3.05, 3.63) is 11.6 Å². The summed E-state index contributed by atoms with van der Waals surface area (Å²) in [7, 11) is 0. The van der Waals surface area contributed by atoms with Gasteiger partial charge in [-0.25, -0.2) is 4.79 Å². The number of ether oxygens (including phenoxy) is 2. The maximum atomic E-state index is 12.9. The van der Waals surface area contributed by atoms with Gasteiger partial charge in [0.15, 0.2) is 5.60 Å². The monoisotopic (exact) mass is 366 g/mol. The van der Waals surface area contributed by atoms with Crippen molar-refractivity contribution < 1.29 is 29.3 Å². The van der Waals surface area contributed by atoms with Gasteiger partial charge in [-0.1, -0.05) is 18.6 Å². The highest BCUT2D eigenvalue weighted by molar-refractivity contribution is 5.94. The predicted octanol–water partition coefficient (Wildman–Crippen LogP) is 1.91. The van der Waals surface area contributed by atoms with Gasteiger partial charge in [-0.05, 0) is 52.4 Å². The van der Waals surface area contributed by atoms with Crippen LogP contribution in [0.25, 0.3) is 0 Å². The number of hydrogen-bond donors (Lipinski definition) is 2. The Balaban J connectivity index is 1.99. The molecule has 2 bridgehead atoms. The van der Waals surface area contributed by atoms with E-state index < -0.39 is 35.3 Å². The SMILES string of the molecule is C/C1=C\CC[C@H](C)[C@@H]2CC[C@](C)(O2)[C@H](O)[C@H]2OC(=O)[C@@](C)(O)[C@H]2C(=O)C1. The Labute approximate surface area is 154 Å². The molecule has 2 saturated heterocycles. The molecule has 0 unspecified atom stereocenters. The van der Waals surface area contributed by atoms with Crippen molar-refractivity contribution in [2.75, 3.05) is 0 Å². The number of carbonyl (C=O) groups is 2. The molecule has 2 N–H and O–H groups in total. The molecular formula is C20H30O6. The standard InChI is InChI=1S/C20H30O6/c1-11-6-5-7-12(2)14-8-9-19(3,26-14)17(22)16-15(13(21)10-11)20(4,24)18(23)25-16/h6,12,14-17,22,24H,5,7-10H2,1-4H3/b11-6+/t12-,14-,15-,16-,17+,19-,20-/m0/s1. The molecule has 6 nitrogen and oxygen atoms in total. The lowest BCUT2D eigenvalue weighted by Gasteiger charge is -2.36. The van der Waals surface area contributed by atoms with Gasteiger partial charge in [0.1, 0.15) is 18.0 Å². The fraction of sp³-hybridized carbons (Fsp3) is 0.800. The first kappa shape index (κ1) is 19.5. The first-order valence-electron chi connectivity index (χ1n) is 9.54. The Kier molecular flexibility index (Phi) is 5.05. The van der Waals surface area contributed by atoms with E-state index in [2.05, 4.69) is 6.92 Å². The van der Waals surface area contributed by atoms with Crippen LogP contribution in [0.3, 0.4) is 0 Å². The molecule has 0 aromatic carbocycles. The summed E-state index contributed by atoms with van der Waals surface area (Å²) in [6.45, 7) is 7.12. The zero-order valence-corrected chi connectivity index (χ0v) is 16.0. The number of aliphatic hydroxyl groups excluding tert-OH is 1. The van der Waals surface area contributed by atoms with Crippen LogP contribution in [0.2, 0.25) is 0 Å². The Morgan fingerprint density at radius 3 is 2.62 bits per heavy atom. The highest BCUT2D eigenvalue weighted by atomic mass is 16.6. The number of aliphatic hydroxyl groups is 2. The van der Waals surface area contributed by atoms with E-state index in [0.717, 1.165) is 24.8 Å². The number of carbonyl (C=O) groups excluding carboxylic acids is 2. The zero-order valence-electron chi connectivity index (χ0n) is 16.0. The van der Waals surface area contributed by atoms with E-state index in [1.54, 1.807) is 6.92 Å². The summed E-state index contributed by atoms with van der Waals surface area (Å²) in [4.78, 5) is 25.1. The largest absolute Gasteiger partial charge is 0.456 e. The molecule has 0 aliphatic carbocycles. The first-order chi connectivity index (χ1) is 12.1. The summed E-state index contributed by atoms with van der Waals surface area (Å²) in [6, 6.07) is 0. The highest BCUT2D eigenvalue weighted by Crippen LogP contribution is 2.44. The molecule has 6 heteroatoms. The van der Waals surface area contributed by atoms with Crippen molar-refractivity contribution in [2.24, 2.45) is 11.8 Å². The smallest absolute Gasteiger partial charge is 0.339 e. The number of Topliss-reactive ketones (excluding diaryl/α,β-unsaturated/α-hetero) is 1. The third-order valence-electron chi connectivity index (χ3n) is 6.42. The molecule has 3 aliphatic rings. The van der Waals surface area contributed by atoms with Gasteiger partial charge in [-0.15, -0.1) is 0 Å². The molecule has 2 fully saturated rings. The van der Waals surface area contributed by atoms with E-state index in [1.165, 1.54) is 6.92 Å². The van der Waals surface area contributed by atoms with Crippen LogP contribution in [-0.4, -0.2) is 51.5 Å². The summed E-state index contributed by atoms with van der Waals surface area (Å²) in [5.74, 6) is -1.93. The van der Waals surface area contributed by atoms with Gasteiger partial charge >= 0.3 is 5.97 Å². The Hall–Kier alpha value is -1.24. The number of allylic oxidation sites excluding steroid dienone is 2. The summed E-state index contributed by atoms with van der Waals surface area (Å²) >= 11 is 0. The molecule has 7 atom stereocenters. The van der Waals surface area contributed by atoms with Crippen LogP contribution in [0, 0.1) is 11.8 Å². The molecule has 0 saturated carbocycles. The van der Waals surface area contributed by atoms with Crippen molar-refractivity contribution in [3.63, 3.8) is 0 Å². The van der Waals surface area contributed by atoms with Gasteiger partial charge in [0.25, 0.3) is 0 Å². The van der Waals surface area contributed by atoms with E-state index >= 15 is 0 Å². The quantitative estimate of drug-likeness (QED) is 0.502. The van der Waals surface area contributed by atoms with Crippen molar-refractivity contribution in [1.82, 2.24) is 0 Å². The number of ketones is 1. The Morgan fingerprint density at radius 2 is 1.92 bits per heavy atom. The highest BCUT2D eigenvalue weighted by Gasteiger charge is 2.62. The van der Waals surface area contributed by atoms with E-state index in [4.69, 9.17) is 9.47 Å². The minimum absolute atomic E-state index is 0.0240. The fourth-order valence-electron chi connectivity index (χ4n) is 4.59. The molecule has 26 heavy (non-hydrogen) atoms. The number of rotatable bonds is 0. The molecule has 3 heterocycles. The van der Waals surface area contributed by atoms with Crippen LogP contribution in [-0.2, 0) is 19.1 Å². The van der Waals surface area contributed by atoms with Gasteiger partial charge in [-0.3, -0.25) is 4.79 Å². The van der Waals surface area contributed by atoms with Crippen LogP contribution < -0.4 is 0 Å². The van der Waals surface area contributed by atoms with Crippen molar-refractivity contribution in [3.8, 4) is 0 Å². The topological polar surface area (TPSA) is 93.1 Å². The van der Waals surface area contributed by atoms with Gasteiger partial charge in [-0.2, -0.15) is 0 Å². The minimum atomic E-state index is -1.94. The predicted molar refractivity (Wildman–Crippen MR) is 94.3 cm³/mol. The van der Waals surface area contributed by atoms with E-state index in [-0.39, 0.29) is 18.3 Å². The Morgan fingerprint density at radius 1 is 1.23 bits per heavy atom. The van der Waals surface area contributed by atoms with Crippen LogP contribution >= 0.6 is 0 Å².